The van der Waals surface area contributed by atoms with E-state index < -0.39 is 41.0 Å². The number of anilines is 1. The fourth-order valence-corrected chi connectivity index (χ4v) is 3.72. The van der Waals surface area contributed by atoms with E-state index in [1.807, 2.05) is 39.0 Å². The molecule has 2 aromatic rings. The third-order valence-corrected chi connectivity index (χ3v) is 6.06. The summed E-state index contributed by atoms with van der Waals surface area (Å²) in [5, 5.41) is 2.77. The van der Waals surface area contributed by atoms with E-state index in [-0.39, 0.29) is 11.4 Å². The average molecular weight is 462 g/mol. The molecule has 0 aliphatic rings. The fourth-order valence-electron chi connectivity index (χ4n) is 2.75. The summed E-state index contributed by atoms with van der Waals surface area (Å²) in [5.74, 6) is -1.91. The van der Waals surface area contributed by atoms with Gasteiger partial charge in [0.05, 0.1) is 11.4 Å². The zero-order chi connectivity index (χ0) is 23.9. The molecule has 0 aromatic heterocycles. The molecule has 0 saturated heterocycles. The molecule has 9 nitrogen and oxygen atoms in total. The van der Waals surface area contributed by atoms with Gasteiger partial charge in [-0.2, -0.15) is 4.72 Å². The van der Waals surface area contributed by atoms with Crippen LogP contribution in [0.25, 0.3) is 0 Å². The van der Waals surface area contributed by atoms with E-state index in [0.29, 0.717) is 5.69 Å². The molecule has 0 aliphatic heterocycles. The summed E-state index contributed by atoms with van der Waals surface area (Å²) in [6, 6.07) is 11.7. The maximum absolute atomic E-state index is 12.2. The van der Waals surface area contributed by atoms with Crippen LogP contribution in [0, 0.1) is 20.8 Å². The van der Waals surface area contributed by atoms with Crippen molar-refractivity contribution < 1.29 is 27.5 Å². The van der Waals surface area contributed by atoms with Crippen LogP contribution >= 0.6 is 0 Å². The first-order valence-corrected chi connectivity index (χ1v) is 11.3. The van der Waals surface area contributed by atoms with Crippen molar-refractivity contribution in [2.75, 3.05) is 32.1 Å². The monoisotopic (exact) mass is 461 g/mol. The van der Waals surface area contributed by atoms with Crippen molar-refractivity contribution in [2.45, 2.75) is 25.7 Å². The van der Waals surface area contributed by atoms with E-state index in [1.165, 1.54) is 19.2 Å². The fraction of sp³-hybridized carbons (Fsp3) is 0.318. The second-order valence-electron chi connectivity index (χ2n) is 7.36. The van der Waals surface area contributed by atoms with Crippen LogP contribution in [-0.4, -0.2) is 57.8 Å². The summed E-state index contributed by atoms with van der Waals surface area (Å²) < 4.78 is 31.3. The lowest BCUT2D eigenvalue weighted by molar-refractivity contribution is -0.150. The molecule has 0 atom stereocenters. The number of hydrogen-bond donors (Lipinski definition) is 2. The van der Waals surface area contributed by atoms with Crippen LogP contribution in [0.2, 0.25) is 0 Å². The van der Waals surface area contributed by atoms with Gasteiger partial charge in [0.1, 0.15) is 6.54 Å². The molecule has 10 heteroatoms. The summed E-state index contributed by atoms with van der Waals surface area (Å²) in [4.78, 5) is 37.4. The number of likely N-dealkylation sites (N-methyl/N-ethyl adjacent to an activating group) is 1. The first-order chi connectivity index (χ1) is 15.0. The van der Waals surface area contributed by atoms with Gasteiger partial charge in [-0.05, 0) is 44.0 Å². The molecular formula is C22H27N3O6S. The predicted molar refractivity (Wildman–Crippen MR) is 120 cm³/mol. The number of rotatable bonds is 9. The van der Waals surface area contributed by atoms with Crippen LogP contribution in [0.5, 0.6) is 0 Å². The van der Waals surface area contributed by atoms with Crippen molar-refractivity contribution in [3.8, 4) is 0 Å². The number of benzene rings is 2. The Morgan fingerprint density at radius 1 is 0.969 bits per heavy atom. The quantitative estimate of drug-likeness (QED) is 0.546. The smallest absolute Gasteiger partial charge is 0.321 e. The van der Waals surface area contributed by atoms with Gasteiger partial charge >= 0.3 is 5.97 Å². The summed E-state index contributed by atoms with van der Waals surface area (Å²) >= 11 is 0. The number of esters is 1. The van der Waals surface area contributed by atoms with Gasteiger partial charge in [-0.15, -0.1) is 0 Å². The molecule has 0 aliphatic carbocycles. The third-order valence-electron chi connectivity index (χ3n) is 4.65. The van der Waals surface area contributed by atoms with E-state index in [9.17, 15) is 22.8 Å². The van der Waals surface area contributed by atoms with Gasteiger partial charge in [-0.1, -0.05) is 35.9 Å². The van der Waals surface area contributed by atoms with Crippen LogP contribution in [0.3, 0.4) is 0 Å². The molecule has 2 aromatic carbocycles. The first kappa shape index (κ1) is 25.0. The lowest BCUT2D eigenvalue weighted by atomic mass is 10.1. The molecule has 0 spiro atoms. The summed E-state index contributed by atoms with van der Waals surface area (Å²) in [7, 11) is -2.48. The first-order valence-electron chi connectivity index (χ1n) is 9.81. The number of amides is 2. The maximum Gasteiger partial charge on any atom is 0.321 e. The molecule has 2 amide bonds. The van der Waals surface area contributed by atoms with E-state index in [1.54, 1.807) is 12.1 Å². The molecule has 2 rings (SSSR count). The molecule has 172 valence electrons. The minimum atomic E-state index is -3.88. The highest BCUT2D eigenvalue weighted by Crippen LogP contribution is 2.19. The molecule has 0 bridgehead atoms. The lowest BCUT2D eigenvalue weighted by Gasteiger charge is -2.18. The number of nitrogens with one attached hydrogen (secondary N) is 2. The van der Waals surface area contributed by atoms with Crippen LogP contribution < -0.4 is 10.0 Å². The summed E-state index contributed by atoms with van der Waals surface area (Å²) in [5.41, 5.74) is 3.38. The molecule has 0 heterocycles. The third kappa shape index (κ3) is 7.17. The largest absolute Gasteiger partial charge is 0.455 e. The molecule has 2 N–H and O–H groups in total. The number of para-hydroxylation sites is 1. The topological polar surface area (TPSA) is 122 Å². The lowest BCUT2D eigenvalue weighted by Crippen LogP contribution is -2.38. The number of carbonyl (C=O) groups excluding carboxylic acids is 3. The number of aryl methyl sites for hydroxylation is 3. The molecule has 0 radical (unpaired) electrons. The zero-order valence-electron chi connectivity index (χ0n) is 18.5. The number of sulfonamides is 1. The van der Waals surface area contributed by atoms with Crippen LogP contribution in [0.1, 0.15) is 16.7 Å². The van der Waals surface area contributed by atoms with E-state index in [2.05, 4.69) is 10.0 Å². The number of ether oxygens (including phenoxy) is 1. The molecule has 32 heavy (non-hydrogen) atoms. The van der Waals surface area contributed by atoms with Crippen LogP contribution in [0.15, 0.2) is 47.4 Å². The Kier molecular flexibility index (Phi) is 8.50. The Hall–Kier alpha value is -3.24. The van der Waals surface area contributed by atoms with Crippen molar-refractivity contribution in [3.05, 3.63) is 59.2 Å². The van der Waals surface area contributed by atoms with Gasteiger partial charge in [0.15, 0.2) is 6.61 Å². The van der Waals surface area contributed by atoms with E-state index in [0.717, 1.165) is 21.6 Å². The van der Waals surface area contributed by atoms with Gasteiger partial charge in [0.25, 0.3) is 5.91 Å². The van der Waals surface area contributed by atoms with E-state index >= 15 is 0 Å². The minimum absolute atomic E-state index is 0.0154. The van der Waals surface area contributed by atoms with Gasteiger partial charge in [0, 0.05) is 12.7 Å². The van der Waals surface area contributed by atoms with Crippen LogP contribution in [0.4, 0.5) is 5.69 Å². The normalized spacial score (nSPS) is 11.0. The minimum Gasteiger partial charge on any atom is -0.455 e. The van der Waals surface area contributed by atoms with Gasteiger partial charge in [0.2, 0.25) is 15.9 Å². The Morgan fingerprint density at radius 3 is 2.16 bits per heavy atom. The highest BCUT2D eigenvalue weighted by atomic mass is 32.2. The van der Waals surface area contributed by atoms with Crippen molar-refractivity contribution >= 4 is 33.5 Å². The second kappa shape index (κ2) is 10.9. The van der Waals surface area contributed by atoms with Crippen molar-refractivity contribution in [3.63, 3.8) is 0 Å². The second-order valence-corrected chi connectivity index (χ2v) is 9.13. The SMILES string of the molecule is Cc1ccc(S(=O)(=O)NCC(=O)OCC(=O)N(C)CC(=O)Nc2c(C)cccc2C)cc1. The van der Waals surface area contributed by atoms with Crippen molar-refractivity contribution in [1.29, 1.82) is 0 Å². The maximum atomic E-state index is 12.2. The highest BCUT2D eigenvalue weighted by molar-refractivity contribution is 7.89. The van der Waals surface area contributed by atoms with Crippen molar-refractivity contribution in [2.24, 2.45) is 0 Å². The molecule has 0 fully saturated rings. The van der Waals surface area contributed by atoms with Gasteiger partial charge in [-0.25, -0.2) is 8.42 Å². The Bertz CT molecular complexity index is 1080. The van der Waals surface area contributed by atoms with Crippen LogP contribution in [-0.2, 0) is 29.1 Å². The van der Waals surface area contributed by atoms with Gasteiger partial charge < -0.3 is 15.0 Å². The molecule has 0 saturated carbocycles. The van der Waals surface area contributed by atoms with Gasteiger partial charge in [-0.3, -0.25) is 14.4 Å². The predicted octanol–water partition coefficient (Wildman–Crippen LogP) is 1.53. The highest BCUT2D eigenvalue weighted by Gasteiger charge is 2.19. The zero-order valence-corrected chi connectivity index (χ0v) is 19.3. The number of carbonyl (C=O) groups is 3. The Morgan fingerprint density at radius 2 is 1.56 bits per heavy atom. The Balaban J connectivity index is 1.79. The molecule has 0 unspecified atom stereocenters. The average Bonchev–Trinajstić information content (AvgIpc) is 2.73. The molecular weight excluding hydrogens is 434 g/mol. The van der Waals surface area contributed by atoms with Crippen molar-refractivity contribution in [1.82, 2.24) is 9.62 Å². The summed E-state index contributed by atoms with van der Waals surface area (Å²) in [6.45, 7) is 4.08. The standard InChI is InChI=1S/C22H27N3O6S/c1-15-8-10-18(11-9-15)32(29,30)23-12-21(28)31-14-20(27)25(4)13-19(26)24-22-16(2)6-5-7-17(22)3/h5-11,23H,12-14H2,1-4H3,(H,24,26). The number of nitrogens with zero attached hydrogens (tertiary/aromatic N) is 1. The summed E-state index contributed by atoms with van der Waals surface area (Å²) in [6.07, 6.45) is 0. The number of hydrogen-bond acceptors (Lipinski definition) is 6. The Labute approximate surface area is 187 Å². The van der Waals surface area contributed by atoms with E-state index in [4.69, 9.17) is 4.74 Å².